The van der Waals surface area contributed by atoms with Gasteiger partial charge in [-0.15, -0.1) is 0 Å². The summed E-state index contributed by atoms with van der Waals surface area (Å²) in [7, 11) is 1.32. The molecule has 0 aliphatic carbocycles. The van der Waals surface area contributed by atoms with E-state index in [1.54, 1.807) is 37.3 Å². The first-order valence-electron chi connectivity index (χ1n) is 8.28. The standard InChI is InChI=1S/C20H23FO4/c1-5-24-16-9-15(10-17(12-16)25-6-2)18-8-7-14(11-19(18)21)13(3)20(22)23-4/h7-13H,5-6H2,1-4H3. The Kier molecular flexibility index (Phi) is 6.39. The maximum absolute atomic E-state index is 14.7. The number of esters is 1. The fourth-order valence-corrected chi connectivity index (χ4v) is 2.57. The van der Waals surface area contributed by atoms with Gasteiger partial charge in [-0.1, -0.05) is 12.1 Å². The van der Waals surface area contributed by atoms with E-state index in [9.17, 15) is 9.18 Å². The second kappa shape index (κ2) is 8.51. The summed E-state index contributed by atoms with van der Waals surface area (Å²) in [6, 6.07) is 10.1. The molecule has 1 atom stereocenters. The first kappa shape index (κ1) is 18.8. The van der Waals surface area contributed by atoms with Gasteiger partial charge in [0, 0.05) is 11.6 Å². The van der Waals surface area contributed by atoms with Crippen molar-refractivity contribution < 1.29 is 23.4 Å². The molecule has 0 saturated carbocycles. The predicted molar refractivity (Wildman–Crippen MR) is 94.6 cm³/mol. The van der Waals surface area contributed by atoms with Gasteiger partial charge in [0.25, 0.3) is 0 Å². The zero-order chi connectivity index (χ0) is 18.4. The lowest BCUT2D eigenvalue weighted by Crippen LogP contribution is -2.11. The van der Waals surface area contributed by atoms with Crippen LogP contribution < -0.4 is 9.47 Å². The number of methoxy groups -OCH3 is 1. The Hall–Kier alpha value is -2.56. The van der Waals surface area contributed by atoms with Crippen LogP contribution in [0.2, 0.25) is 0 Å². The number of ether oxygens (including phenoxy) is 3. The summed E-state index contributed by atoms with van der Waals surface area (Å²) < 4.78 is 30.5. The Labute approximate surface area is 147 Å². The van der Waals surface area contributed by atoms with E-state index in [2.05, 4.69) is 0 Å². The van der Waals surface area contributed by atoms with E-state index in [-0.39, 0.29) is 0 Å². The van der Waals surface area contributed by atoms with Crippen LogP contribution in [0.4, 0.5) is 4.39 Å². The highest BCUT2D eigenvalue weighted by atomic mass is 19.1. The molecule has 0 bridgehead atoms. The highest BCUT2D eigenvalue weighted by Gasteiger charge is 2.18. The smallest absolute Gasteiger partial charge is 0.312 e. The summed E-state index contributed by atoms with van der Waals surface area (Å²) >= 11 is 0. The van der Waals surface area contributed by atoms with Crippen molar-refractivity contribution in [1.29, 1.82) is 0 Å². The van der Waals surface area contributed by atoms with E-state index in [0.717, 1.165) is 0 Å². The molecule has 134 valence electrons. The molecular formula is C20H23FO4. The van der Waals surface area contributed by atoms with Crippen LogP contribution in [0.25, 0.3) is 11.1 Å². The molecule has 0 fully saturated rings. The Bertz CT molecular complexity index is 718. The minimum atomic E-state index is -0.526. The van der Waals surface area contributed by atoms with Crippen molar-refractivity contribution in [3.63, 3.8) is 0 Å². The molecule has 0 aliphatic heterocycles. The number of rotatable bonds is 7. The topological polar surface area (TPSA) is 44.8 Å². The van der Waals surface area contributed by atoms with Crippen LogP contribution in [-0.4, -0.2) is 26.3 Å². The maximum Gasteiger partial charge on any atom is 0.312 e. The lowest BCUT2D eigenvalue weighted by atomic mass is 9.96. The van der Waals surface area contributed by atoms with Gasteiger partial charge in [0.15, 0.2) is 0 Å². The normalized spacial score (nSPS) is 11.7. The molecule has 0 spiro atoms. The van der Waals surface area contributed by atoms with Gasteiger partial charge in [-0.25, -0.2) is 4.39 Å². The number of carbonyl (C=O) groups excluding carboxylic acids is 1. The van der Waals surface area contributed by atoms with Gasteiger partial charge in [0.2, 0.25) is 0 Å². The zero-order valence-corrected chi connectivity index (χ0v) is 15.0. The monoisotopic (exact) mass is 346 g/mol. The fourth-order valence-electron chi connectivity index (χ4n) is 2.57. The molecule has 0 aromatic heterocycles. The summed E-state index contributed by atoms with van der Waals surface area (Å²) in [6.07, 6.45) is 0. The summed E-state index contributed by atoms with van der Waals surface area (Å²) in [5.74, 6) is -0.0968. The van der Waals surface area contributed by atoms with E-state index < -0.39 is 17.7 Å². The first-order chi connectivity index (χ1) is 12.0. The summed E-state index contributed by atoms with van der Waals surface area (Å²) in [4.78, 5) is 11.6. The molecule has 1 unspecified atom stereocenters. The van der Waals surface area contributed by atoms with Crippen LogP contribution in [0.1, 0.15) is 32.3 Å². The molecule has 0 aliphatic rings. The molecule has 25 heavy (non-hydrogen) atoms. The lowest BCUT2D eigenvalue weighted by Gasteiger charge is -2.13. The molecule has 2 aromatic carbocycles. The van der Waals surface area contributed by atoms with Crippen LogP contribution in [0.3, 0.4) is 0 Å². The van der Waals surface area contributed by atoms with Gasteiger partial charge in [0.05, 0.1) is 26.2 Å². The molecule has 4 nitrogen and oxygen atoms in total. The van der Waals surface area contributed by atoms with Crippen LogP contribution in [0.15, 0.2) is 36.4 Å². The van der Waals surface area contributed by atoms with E-state index in [1.165, 1.54) is 13.2 Å². The average Bonchev–Trinajstić information content (AvgIpc) is 2.60. The van der Waals surface area contributed by atoms with Gasteiger partial charge in [-0.3, -0.25) is 4.79 Å². The maximum atomic E-state index is 14.7. The predicted octanol–water partition coefficient (Wildman–Crippen LogP) is 4.57. The van der Waals surface area contributed by atoms with Crippen molar-refractivity contribution in [2.24, 2.45) is 0 Å². The van der Waals surface area contributed by atoms with Crippen molar-refractivity contribution in [2.75, 3.05) is 20.3 Å². The first-order valence-corrected chi connectivity index (χ1v) is 8.28. The molecule has 0 radical (unpaired) electrons. The number of halogens is 1. The quantitative estimate of drug-likeness (QED) is 0.689. The zero-order valence-electron chi connectivity index (χ0n) is 15.0. The molecule has 0 heterocycles. The molecule has 5 heteroatoms. The Morgan fingerprint density at radius 3 is 2.12 bits per heavy atom. The molecule has 2 aromatic rings. The summed E-state index contributed by atoms with van der Waals surface area (Å²) in [5.41, 5.74) is 1.64. The minimum absolute atomic E-state index is 0.399. The third-order valence-corrected chi connectivity index (χ3v) is 3.86. The van der Waals surface area contributed by atoms with Crippen LogP contribution in [-0.2, 0) is 9.53 Å². The number of carbonyl (C=O) groups is 1. The van der Waals surface area contributed by atoms with E-state index >= 15 is 0 Å². The molecule has 0 amide bonds. The largest absolute Gasteiger partial charge is 0.494 e. The fraction of sp³-hybridized carbons (Fsp3) is 0.350. The van der Waals surface area contributed by atoms with Crippen LogP contribution in [0.5, 0.6) is 11.5 Å². The van der Waals surface area contributed by atoms with Crippen LogP contribution in [0, 0.1) is 5.82 Å². The molecule has 2 rings (SSSR count). The van der Waals surface area contributed by atoms with Crippen molar-refractivity contribution >= 4 is 5.97 Å². The van der Waals surface area contributed by atoms with E-state index in [4.69, 9.17) is 14.2 Å². The van der Waals surface area contributed by atoms with Gasteiger partial charge < -0.3 is 14.2 Å². The minimum Gasteiger partial charge on any atom is -0.494 e. The molecular weight excluding hydrogens is 323 g/mol. The highest BCUT2D eigenvalue weighted by molar-refractivity contribution is 5.78. The average molecular weight is 346 g/mol. The van der Waals surface area contributed by atoms with Crippen molar-refractivity contribution in [2.45, 2.75) is 26.7 Å². The number of benzene rings is 2. The SMILES string of the molecule is CCOc1cc(OCC)cc(-c2ccc(C(C)C(=O)OC)cc2F)c1. The van der Waals surface area contributed by atoms with Gasteiger partial charge in [-0.05, 0) is 50.1 Å². The van der Waals surface area contributed by atoms with E-state index in [1.807, 2.05) is 13.8 Å². The Balaban J connectivity index is 2.42. The van der Waals surface area contributed by atoms with Gasteiger partial charge in [0.1, 0.15) is 17.3 Å². The lowest BCUT2D eigenvalue weighted by molar-refractivity contribution is -0.141. The Morgan fingerprint density at radius 1 is 1.04 bits per heavy atom. The van der Waals surface area contributed by atoms with E-state index in [0.29, 0.717) is 41.4 Å². The third-order valence-electron chi connectivity index (χ3n) is 3.86. The third kappa shape index (κ3) is 4.50. The summed E-state index contributed by atoms with van der Waals surface area (Å²) in [5, 5.41) is 0. The van der Waals surface area contributed by atoms with Gasteiger partial charge >= 0.3 is 5.97 Å². The second-order valence-electron chi connectivity index (χ2n) is 5.54. The number of hydrogen-bond donors (Lipinski definition) is 0. The highest BCUT2D eigenvalue weighted by Crippen LogP contribution is 2.33. The molecule has 0 N–H and O–H groups in total. The Morgan fingerprint density at radius 2 is 1.64 bits per heavy atom. The second-order valence-corrected chi connectivity index (χ2v) is 5.54. The number of hydrogen-bond acceptors (Lipinski definition) is 4. The van der Waals surface area contributed by atoms with Crippen molar-refractivity contribution in [3.05, 3.63) is 47.8 Å². The van der Waals surface area contributed by atoms with Gasteiger partial charge in [-0.2, -0.15) is 0 Å². The molecule has 0 saturated heterocycles. The van der Waals surface area contributed by atoms with Crippen molar-refractivity contribution in [3.8, 4) is 22.6 Å². The van der Waals surface area contributed by atoms with Crippen molar-refractivity contribution in [1.82, 2.24) is 0 Å². The van der Waals surface area contributed by atoms with Crippen LogP contribution >= 0.6 is 0 Å². The summed E-state index contributed by atoms with van der Waals surface area (Å²) in [6.45, 7) is 6.47.